The lowest BCUT2D eigenvalue weighted by molar-refractivity contribution is -0.0230. The van der Waals surface area contributed by atoms with E-state index in [4.69, 9.17) is 14.2 Å². The van der Waals surface area contributed by atoms with Crippen molar-refractivity contribution in [1.82, 2.24) is 5.32 Å². The van der Waals surface area contributed by atoms with Crippen molar-refractivity contribution >= 4 is 0 Å². The third-order valence-electron chi connectivity index (χ3n) is 3.53. The normalized spacial score (nSPS) is 18.3. The number of hydrogen-bond donors (Lipinski definition) is 2. The standard InChI is InChI=1S/C15H31NO4/c1-18-10-11-19-9-5-8-16-12-14(17)13-20-15-6-3-2-4-7-15/h14-17H,2-13H2,1H3. The second-order valence-corrected chi connectivity index (χ2v) is 5.41. The highest BCUT2D eigenvalue weighted by molar-refractivity contribution is 4.67. The van der Waals surface area contributed by atoms with Crippen molar-refractivity contribution in [1.29, 1.82) is 0 Å². The maximum Gasteiger partial charge on any atom is 0.0897 e. The van der Waals surface area contributed by atoms with Crippen LogP contribution < -0.4 is 5.32 Å². The van der Waals surface area contributed by atoms with Gasteiger partial charge in [0.25, 0.3) is 0 Å². The molecule has 0 amide bonds. The van der Waals surface area contributed by atoms with Crippen molar-refractivity contribution in [3.63, 3.8) is 0 Å². The fraction of sp³-hybridized carbons (Fsp3) is 1.00. The highest BCUT2D eigenvalue weighted by atomic mass is 16.5. The molecule has 5 heteroatoms. The predicted molar refractivity (Wildman–Crippen MR) is 79.0 cm³/mol. The Morgan fingerprint density at radius 3 is 2.70 bits per heavy atom. The second-order valence-electron chi connectivity index (χ2n) is 5.41. The molecule has 1 unspecified atom stereocenters. The lowest BCUT2D eigenvalue weighted by Crippen LogP contribution is -2.33. The first kappa shape index (κ1) is 17.9. The summed E-state index contributed by atoms with van der Waals surface area (Å²) in [5, 5.41) is 13.0. The zero-order valence-electron chi connectivity index (χ0n) is 12.8. The number of hydrogen-bond acceptors (Lipinski definition) is 5. The smallest absolute Gasteiger partial charge is 0.0897 e. The monoisotopic (exact) mass is 289 g/mol. The van der Waals surface area contributed by atoms with E-state index < -0.39 is 6.10 Å². The summed E-state index contributed by atoms with van der Waals surface area (Å²) in [6.45, 7) is 3.91. The molecule has 20 heavy (non-hydrogen) atoms. The molecule has 0 heterocycles. The molecule has 2 N–H and O–H groups in total. The molecule has 0 aromatic heterocycles. The van der Waals surface area contributed by atoms with Crippen LogP contribution in [0.25, 0.3) is 0 Å². The third kappa shape index (κ3) is 9.66. The summed E-state index contributed by atoms with van der Waals surface area (Å²) in [7, 11) is 1.67. The Hall–Kier alpha value is -0.200. The molecule has 0 aromatic carbocycles. The zero-order chi connectivity index (χ0) is 14.5. The van der Waals surface area contributed by atoms with E-state index in [1.54, 1.807) is 7.11 Å². The van der Waals surface area contributed by atoms with E-state index >= 15 is 0 Å². The number of methoxy groups -OCH3 is 1. The molecular formula is C15H31NO4. The lowest BCUT2D eigenvalue weighted by atomic mass is 9.98. The fourth-order valence-electron chi connectivity index (χ4n) is 2.35. The Kier molecular flexibility index (Phi) is 11.2. The predicted octanol–water partition coefficient (Wildman–Crippen LogP) is 1.34. The summed E-state index contributed by atoms with van der Waals surface area (Å²) < 4.78 is 16.0. The van der Waals surface area contributed by atoms with Gasteiger partial charge in [0, 0.05) is 20.3 Å². The fourth-order valence-corrected chi connectivity index (χ4v) is 2.35. The van der Waals surface area contributed by atoms with E-state index in [9.17, 15) is 5.11 Å². The van der Waals surface area contributed by atoms with Crippen molar-refractivity contribution in [3.05, 3.63) is 0 Å². The van der Waals surface area contributed by atoms with Gasteiger partial charge in [-0.1, -0.05) is 19.3 Å². The van der Waals surface area contributed by atoms with Crippen molar-refractivity contribution in [2.45, 2.75) is 50.7 Å². The van der Waals surface area contributed by atoms with Gasteiger partial charge in [0.05, 0.1) is 32.0 Å². The Labute approximate surface area is 123 Å². The average Bonchev–Trinajstić information content (AvgIpc) is 2.49. The van der Waals surface area contributed by atoms with Crippen LogP contribution in [0.5, 0.6) is 0 Å². The van der Waals surface area contributed by atoms with Gasteiger partial charge in [-0.05, 0) is 25.8 Å². The Morgan fingerprint density at radius 1 is 1.15 bits per heavy atom. The maximum absolute atomic E-state index is 9.82. The summed E-state index contributed by atoms with van der Waals surface area (Å²) in [4.78, 5) is 0. The van der Waals surface area contributed by atoms with Crippen LogP contribution in [0.3, 0.4) is 0 Å². The van der Waals surface area contributed by atoms with Gasteiger partial charge in [0.15, 0.2) is 0 Å². The second kappa shape index (κ2) is 12.5. The molecule has 1 atom stereocenters. The van der Waals surface area contributed by atoms with E-state index in [1.807, 2.05) is 0 Å². The van der Waals surface area contributed by atoms with E-state index in [0.717, 1.165) is 32.4 Å². The Balaban J connectivity index is 1.83. The molecule has 1 saturated carbocycles. The van der Waals surface area contributed by atoms with Gasteiger partial charge in [-0.25, -0.2) is 0 Å². The van der Waals surface area contributed by atoms with Gasteiger partial charge in [-0.2, -0.15) is 0 Å². The van der Waals surface area contributed by atoms with E-state index in [1.165, 1.54) is 19.3 Å². The van der Waals surface area contributed by atoms with E-state index in [-0.39, 0.29) is 0 Å². The summed E-state index contributed by atoms with van der Waals surface area (Å²) in [5.74, 6) is 0. The number of nitrogens with one attached hydrogen (secondary N) is 1. The van der Waals surface area contributed by atoms with Crippen LogP contribution in [0.1, 0.15) is 38.5 Å². The molecule has 1 fully saturated rings. The molecule has 5 nitrogen and oxygen atoms in total. The lowest BCUT2D eigenvalue weighted by Gasteiger charge is -2.23. The van der Waals surface area contributed by atoms with Crippen LogP contribution >= 0.6 is 0 Å². The van der Waals surface area contributed by atoms with Gasteiger partial charge in [-0.3, -0.25) is 0 Å². The number of aliphatic hydroxyl groups is 1. The first-order valence-electron chi connectivity index (χ1n) is 7.90. The summed E-state index contributed by atoms with van der Waals surface area (Å²) >= 11 is 0. The van der Waals surface area contributed by atoms with Crippen molar-refractivity contribution < 1.29 is 19.3 Å². The molecular weight excluding hydrogens is 258 g/mol. The van der Waals surface area contributed by atoms with Crippen LogP contribution in [0.2, 0.25) is 0 Å². The molecule has 0 radical (unpaired) electrons. The molecule has 1 aliphatic carbocycles. The molecule has 0 bridgehead atoms. The highest BCUT2D eigenvalue weighted by Crippen LogP contribution is 2.20. The van der Waals surface area contributed by atoms with Crippen molar-refractivity contribution in [2.75, 3.05) is 46.6 Å². The van der Waals surface area contributed by atoms with Gasteiger partial charge < -0.3 is 24.6 Å². The van der Waals surface area contributed by atoms with E-state index in [2.05, 4.69) is 5.32 Å². The maximum atomic E-state index is 9.82. The molecule has 0 aromatic rings. The minimum absolute atomic E-state index is 0.368. The summed E-state index contributed by atoms with van der Waals surface area (Å²) in [6, 6.07) is 0. The first-order valence-corrected chi connectivity index (χ1v) is 7.90. The van der Waals surface area contributed by atoms with Crippen molar-refractivity contribution in [3.8, 4) is 0 Å². The van der Waals surface area contributed by atoms with Crippen molar-refractivity contribution in [2.24, 2.45) is 0 Å². The van der Waals surface area contributed by atoms with Crippen LogP contribution in [0.15, 0.2) is 0 Å². The van der Waals surface area contributed by atoms with Crippen LogP contribution in [0, 0.1) is 0 Å². The summed E-state index contributed by atoms with van der Waals surface area (Å²) in [5.41, 5.74) is 0. The zero-order valence-corrected chi connectivity index (χ0v) is 12.8. The Bertz CT molecular complexity index is 210. The Morgan fingerprint density at radius 2 is 1.95 bits per heavy atom. The third-order valence-corrected chi connectivity index (χ3v) is 3.53. The molecule has 120 valence electrons. The molecule has 0 aliphatic heterocycles. The number of ether oxygens (including phenoxy) is 3. The highest BCUT2D eigenvalue weighted by Gasteiger charge is 2.15. The van der Waals surface area contributed by atoms with Crippen LogP contribution in [-0.2, 0) is 14.2 Å². The molecule has 0 spiro atoms. The van der Waals surface area contributed by atoms with Gasteiger partial charge in [-0.15, -0.1) is 0 Å². The number of aliphatic hydroxyl groups excluding tert-OH is 1. The quantitative estimate of drug-likeness (QED) is 0.531. The van der Waals surface area contributed by atoms with Gasteiger partial charge in [0.2, 0.25) is 0 Å². The minimum Gasteiger partial charge on any atom is -0.389 e. The topological polar surface area (TPSA) is 60.0 Å². The molecule has 1 rings (SSSR count). The molecule has 0 saturated heterocycles. The SMILES string of the molecule is COCCOCCCNCC(O)COC1CCCCC1. The van der Waals surface area contributed by atoms with Gasteiger partial charge in [0.1, 0.15) is 0 Å². The minimum atomic E-state index is -0.411. The van der Waals surface area contributed by atoms with E-state index in [0.29, 0.717) is 32.5 Å². The molecule has 1 aliphatic rings. The van der Waals surface area contributed by atoms with Crippen LogP contribution in [0.4, 0.5) is 0 Å². The van der Waals surface area contributed by atoms with Crippen LogP contribution in [-0.4, -0.2) is 63.9 Å². The average molecular weight is 289 g/mol. The largest absolute Gasteiger partial charge is 0.389 e. The number of rotatable bonds is 12. The van der Waals surface area contributed by atoms with Gasteiger partial charge >= 0.3 is 0 Å². The summed E-state index contributed by atoms with van der Waals surface area (Å²) in [6.07, 6.45) is 7.07. The first-order chi connectivity index (χ1) is 9.83.